The molecule has 0 heterocycles. The first kappa shape index (κ1) is 22.1. The fourth-order valence-electron chi connectivity index (χ4n) is 2.37. The van der Waals surface area contributed by atoms with E-state index in [9.17, 15) is 21.6 Å². The normalized spacial score (nSPS) is 12.1. The summed E-state index contributed by atoms with van der Waals surface area (Å²) in [6.45, 7) is -1.27. The number of hydrogen-bond donors (Lipinski definition) is 1. The van der Waals surface area contributed by atoms with Gasteiger partial charge in [0.15, 0.2) is 5.11 Å². The zero-order chi connectivity index (χ0) is 20.9. The monoisotopic (exact) mass is 431 g/mol. The fraction of sp³-hybridized carbons (Fsp3) is 0.278. The van der Waals surface area contributed by atoms with E-state index < -0.39 is 22.7 Å². The third kappa shape index (κ3) is 6.18. The second kappa shape index (κ2) is 8.89. The lowest BCUT2D eigenvalue weighted by Crippen LogP contribution is -2.40. The molecule has 5 nitrogen and oxygen atoms in total. The van der Waals surface area contributed by atoms with Crippen molar-refractivity contribution >= 4 is 33.0 Å². The van der Waals surface area contributed by atoms with Gasteiger partial charge in [-0.15, -0.1) is 0 Å². The van der Waals surface area contributed by atoms with Gasteiger partial charge in [-0.2, -0.15) is 13.2 Å². The van der Waals surface area contributed by atoms with Crippen LogP contribution >= 0.6 is 12.2 Å². The van der Waals surface area contributed by atoms with Crippen molar-refractivity contribution < 1.29 is 21.6 Å². The van der Waals surface area contributed by atoms with Gasteiger partial charge in [0, 0.05) is 26.3 Å². The second-order valence-electron chi connectivity index (χ2n) is 6.20. The molecular weight excluding hydrogens is 411 g/mol. The van der Waals surface area contributed by atoms with E-state index in [0.717, 1.165) is 9.21 Å². The van der Waals surface area contributed by atoms with Crippen molar-refractivity contribution in [3.63, 3.8) is 0 Å². The Bertz CT molecular complexity index is 917. The molecule has 0 aromatic heterocycles. The molecule has 2 aromatic rings. The van der Waals surface area contributed by atoms with Crippen LogP contribution in [0.25, 0.3) is 0 Å². The van der Waals surface area contributed by atoms with Crippen LogP contribution in [0.1, 0.15) is 5.56 Å². The Kier molecular flexibility index (Phi) is 7.02. The summed E-state index contributed by atoms with van der Waals surface area (Å²) in [6.07, 6.45) is -4.45. The largest absolute Gasteiger partial charge is 0.406 e. The average Bonchev–Trinajstić information content (AvgIpc) is 2.61. The predicted octanol–water partition coefficient (Wildman–Crippen LogP) is 3.70. The number of halogens is 3. The molecule has 0 aliphatic rings. The maximum atomic E-state index is 13.0. The molecule has 0 bridgehead atoms. The van der Waals surface area contributed by atoms with Crippen LogP contribution in [0, 0.1) is 0 Å². The fourth-order valence-corrected chi connectivity index (χ4v) is 3.56. The van der Waals surface area contributed by atoms with Crippen LogP contribution in [-0.2, 0) is 16.6 Å². The molecule has 0 spiro atoms. The highest BCUT2D eigenvalue weighted by atomic mass is 32.2. The minimum Gasteiger partial charge on any atom is -0.336 e. The molecule has 0 aliphatic carbocycles. The summed E-state index contributed by atoms with van der Waals surface area (Å²) in [6, 6.07) is 14.4. The van der Waals surface area contributed by atoms with Crippen molar-refractivity contribution in [2.45, 2.75) is 17.6 Å². The van der Waals surface area contributed by atoms with E-state index >= 15 is 0 Å². The van der Waals surface area contributed by atoms with Crippen molar-refractivity contribution in [2.75, 3.05) is 26.0 Å². The highest BCUT2D eigenvalue weighted by Gasteiger charge is 2.32. The number of anilines is 1. The Morgan fingerprint density at radius 2 is 1.71 bits per heavy atom. The van der Waals surface area contributed by atoms with E-state index in [4.69, 9.17) is 12.2 Å². The van der Waals surface area contributed by atoms with E-state index in [1.807, 2.05) is 0 Å². The predicted molar refractivity (Wildman–Crippen MR) is 106 cm³/mol. The SMILES string of the molecule is CN(C)S(=O)(=O)c1cccc(NC(=S)N(Cc2ccccc2)CC(F)(F)F)c1. The lowest BCUT2D eigenvalue weighted by Gasteiger charge is -2.27. The van der Waals surface area contributed by atoms with Crippen LogP contribution in [0.5, 0.6) is 0 Å². The van der Waals surface area contributed by atoms with Crippen molar-refractivity contribution in [2.24, 2.45) is 0 Å². The Morgan fingerprint density at radius 3 is 2.29 bits per heavy atom. The smallest absolute Gasteiger partial charge is 0.336 e. The highest BCUT2D eigenvalue weighted by Crippen LogP contribution is 2.21. The molecule has 152 valence electrons. The molecule has 2 rings (SSSR count). The van der Waals surface area contributed by atoms with Crippen molar-refractivity contribution in [3.05, 3.63) is 60.2 Å². The average molecular weight is 432 g/mol. The van der Waals surface area contributed by atoms with Gasteiger partial charge >= 0.3 is 6.18 Å². The molecule has 1 N–H and O–H groups in total. The minimum atomic E-state index is -4.45. The number of nitrogens with zero attached hydrogens (tertiary/aromatic N) is 2. The maximum Gasteiger partial charge on any atom is 0.406 e. The van der Waals surface area contributed by atoms with Gasteiger partial charge in [0.25, 0.3) is 0 Å². The summed E-state index contributed by atoms with van der Waals surface area (Å²) in [4.78, 5) is 0.994. The van der Waals surface area contributed by atoms with Crippen molar-refractivity contribution in [3.8, 4) is 0 Å². The van der Waals surface area contributed by atoms with Gasteiger partial charge in [0.05, 0.1) is 4.90 Å². The Hall–Kier alpha value is -2.17. The molecular formula is C18H20F3N3O2S2. The van der Waals surface area contributed by atoms with Crippen LogP contribution in [0.3, 0.4) is 0 Å². The number of sulfonamides is 1. The Balaban J connectivity index is 2.23. The summed E-state index contributed by atoms with van der Waals surface area (Å²) >= 11 is 5.17. The van der Waals surface area contributed by atoms with Crippen LogP contribution in [0.15, 0.2) is 59.5 Å². The number of hydrogen-bond acceptors (Lipinski definition) is 3. The molecule has 2 aromatic carbocycles. The van der Waals surface area contributed by atoms with Gasteiger partial charge in [-0.05, 0) is 36.0 Å². The van der Waals surface area contributed by atoms with Gasteiger partial charge in [0.1, 0.15) is 6.54 Å². The minimum absolute atomic E-state index is 0.00994. The zero-order valence-corrected chi connectivity index (χ0v) is 16.9. The molecule has 10 heteroatoms. The molecule has 0 aliphatic heterocycles. The Labute approximate surface area is 167 Å². The molecule has 0 radical (unpaired) electrons. The van der Waals surface area contributed by atoms with E-state index in [2.05, 4.69) is 5.32 Å². The van der Waals surface area contributed by atoms with Crippen LogP contribution < -0.4 is 5.32 Å². The van der Waals surface area contributed by atoms with Crippen molar-refractivity contribution in [1.82, 2.24) is 9.21 Å². The number of thiocarbonyl (C=S) groups is 1. The standard InChI is InChI=1S/C18H20F3N3O2S2/c1-23(2)28(25,26)16-10-6-9-15(11-16)22-17(27)24(13-18(19,20)21)12-14-7-4-3-5-8-14/h3-11H,12-13H2,1-2H3,(H,22,27). The van der Waals surface area contributed by atoms with E-state index in [-0.39, 0.29) is 22.2 Å². The van der Waals surface area contributed by atoms with Crippen LogP contribution in [0.2, 0.25) is 0 Å². The Morgan fingerprint density at radius 1 is 1.07 bits per heavy atom. The van der Waals surface area contributed by atoms with Crippen LogP contribution in [0.4, 0.5) is 18.9 Å². The van der Waals surface area contributed by atoms with Gasteiger partial charge in [-0.1, -0.05) is 36.4 Å². The first-order chi connectivity index (χ1) is 13.0. The molecule has 0 saturated carbocycles. The van der Waals surface area contributed by atoms with E-state index in [1.54, 1.807) is 30.3 Å². The van der Waals surface area contributed by atoms with E-state index in [0.29, 0.717) is 5.56 Å². The topological polar surface area (TPSA) is 52.7 Å². The number of benzene rings is 2. The first-order valence-corrected chi connectivity index (χ1v) is 10.0. The molecule has 0 unspecified atom stereocenters. The number of rotatable bonds is 6. The summed E-state index contributed by atoms with van der Waals surface area (Å²) < 4.78 is 64.5. The quantitative estimate of drug-likeness (QED) is 0.707. The molecule has 0 saturated heterocycles. The summed E-state index contributed by atoms with van der Waals surface area (Å²) in [5, 5.41) is 2.56. The molecule has 28 heavy (non-hydrogen) atoms. The van der Waals surface area contributed by atoms with E-state index in [1.165, 1.54) is 38.4 Å². The lowest BCUT2D eigenvalue weighted by molar-refractivity contribution is -0.138. The molecule has 0 atom stereocenters. The van der Waals surface area contributed by atoms with Crippen LogP contribution in [-0.4, -0.2) is 49.6 Å². The second-order valence-corrected chi connectivity index (χ2v) is 8.74. The molecule has 0 amide bonds. The molecule has 0 fully saturated rings. The summed E-state index contributed by atoms with van der Waals surface area (Å²) in [7, 11) is -0.889. The maximum absolute atomic E-state index is 13.0. The van der Waals surface area contributed by atoms with Gasteiger partial charge in [-0.3, -0.25) is 0 Å². The van der Waals surface area contributed by atoms with Gasteiger partial charge in [-0.25, -0.2) is 12.7 Å². The third-order valence-electron chi connectivity index (χ3n) is 3.74. The van der Waals surface area contributed by atoms with Crippen molar-refractivity contribution in [1.29, 1.82) is 0 Å². The van der Waals surface area contributed by atoms with Gasteiger partial charge < -0.3 is 10.2 Å². The zero-order valence-electron chi connectivity index (χ0n) is 15.3. The van der Waals surface area contributed by atoms with Gasteiger partial charge in [0.2, 0.25) is 10.0 Å². The summed E-state index contributed by atoms with van der Waals surface area (Å²) in [5.41, 5.74) is 0.952. The summed E-state index contributed by atoms with van der Waals surface area (Å²) in [5.74, 6) is 0. The number of nitrogens with one attached hydrogen (secondary N) is 1. The highest BCUT2D eigenvalue weighted by molar-refractivity contribution is 7.89. The first-order valence-electron chi connectivity index (χ1n) is 8.18. The lowest BCUT2D eigenvalue weighted by atomic mass is 10.2. The number of alkyl halides is 3. The third-order valence-corrected chi connectivity index (χ3v) is 5.91.